The lowest BCUT2D eigenvalue weighted by molar-refractivity contribution is -0.137. The minimum atomic E-state index is -0.859. The zero-order valence-corrected chi connectivity index (χ0v) is 12.1. The predicted octanol–water partition coefficient (Wildman–Crippen LogP) is 1.77. The SMILES string of the molecule is CC(C#N)CN(C)C(=O)N(CCCC(=O)O)C(C)C. The van der Waals surface area contributed by atoms with Crippen LogP contribution in [0, 0.1) is 17.2 Å². The molecule has 0 heterocycles. The summed E-state index contributed by atoms with van der Waals surface area (Å²) in [6.07, 6.45) is 0.482. The van der Waals surface area contributed by atoms with E-state index in [0.717, 1.165) is 0 Å². The maximum absolute atomic E-state index is 12.2. The predicted molar refractivity (Wildman–Crippen MR) is 71.5 cm³/mol. The normalized spacial score (nSPS) is 11.8. The first-order valence-electron chi connectivity index (χ1n) is 6.42. The standard InChI is InChI=1S/C13H23N3O3/c1-10(2)16(7-5-6-12(17)18)13(19)15(4)9-11(3)8-14/h10-11H,5-7,9H2,1-4H3,(H,17,18). The van der Waals surface area contributed by atoms with Gasteiger partial charge < -0.3 is 14.9 Å². The number of rotatable bonds is 7. The van der Waals surface area contributed by atoms with Gasteiger partial charge in [-0.05, 0) is 27.2 Å². The summed E-state index contributed by atoms with van der Waals surface area (Å²) in [6, 6.07) is 1.92. The van der Waals surface area contributed by atoms with Crippen LogP contribution in [0.3, 0.4) is 0 Å². The lowest BCUT2D eigenvalue weighted by Gasteiger charge is -2.31. The Balaban J connectivity index is 4.48. The van der Waals surface area contributed by atoms with Gasteiger partial charge in [-0.2, -0.15) is 5.26 Å². The van der Waals surface area contributed by atoms with E-state index in [1.807, 2.05) is 13.8 Å². The van der Waals surface area contributed by atoms with Crippen LogP contribution in [0.15, 0.2) is 0 Å². The summed E-state index contributed by atoms with van der Waals surface area (Å²) in [7, 11) is 1.66. The largest absolute Gasteiger partial charge is 0.481 e. The molecule has 108 valence electrons. The first-order valence-corrected chi connectivity index (χ1v) is 6.42. The fraction of sp³-hybridized carbons (Fsp3) is 0.769. The van der Waals surface area contributed by atoms with E-state index in [4.69, 9.17) is 10.4 Å². The minimum Gasteiger partial charge on any atom is -0.481 e. The maximum Gasteiger partial charge on any atom is 0.320 e. The summed E-state index contributed by atoms with van der Waals surface area (Å²) in [4.78, 5) is 25.8. The van der Waals surface area contributed by atoms with Gasteiger partial charge in [0.15, 0.2) is 0 Å². The molecule has 1 atom stereocenters. The zero-order valence-electron chi connectivity index (χ0n) is 12.1. The molecule has 1 N–H and O–H groups in total. The van der Waals surface area contributed by atoms with Crippen LogP contribution < -0.4 is 0 Å². The topological polar surface area (TPSA) is 84.6 Å². The number of nitriles is 1. The van der Waals surface area contributed by atoms with Crippen LogP contribution >= 0.6 is 0 Å². The first kappa shape index (κ1) is 17.2. The number of carbonyl (C=O) groups excluding carboxylic acids is 1. The summed E-state index contributed by atoms with van der Waals surface area (Å²) >= 11 is 0. The third kappa shape index (κ3) is 6.65. The van der Waals surface area contributed by atoms with Gasteiger partial charge in [-0.1, -0.05) is 0 Å². The molecular weight excluding hydrogens is 246 g/mol. The number of aliphatic carboxylic acids is 1. The molecule has 19 heavy (non-hydrogen) atoms. The van der Waals surface area contributed by atoms with Gasteiger partial charge in [0.2, 0.25) is 0 Å². The number of hydrogen-bond donors (Lipinski definition) is 1. The lowest BCUT2D eigenvalue weighted by Crippen LogP contribution is -2.46. The van der Waals surface area contributed by atoms with Crippen molar-refractivity contribution in [3.63, 3.8) is 0 Å². The third-order valence-corrected chi connectivity index (χ3v) is 2.75. The van der Waals surface area contributed by atoms with Crippen LogP contribution in [0.5, 0.6) is 0 Å². The van der Waals surface area contributed by atoms with Gasteiger partial charge in [0.25, 0.3) is 0 Å². The van der Waals surface area contributed by atoms with E-state index in [1.54, 1.807) is 18.9 Å². The van der Waals surface area contributed by atoms with Gasteiger partial charge >= 0.3 is 12.0 Å². The minimum absolute atomic E-state index is 0.00105. The number of hydrogen-bond acceptors (Lipinski definition) is 3. The Kier molecular flexibility index (Phi) is 7.57. The van der Waals surface area contributed by atoms with Crippen LogP contribution in [-0.2, 0) is 4.79 Å². The van der Waals surface area contributed by atoms with Crippen molar-refractivity contribution in [2.45, 2.75) is 39.7 Å². The number of urea groups is 1. The van der Waals surface area contributed by atoms with Gasteiger partial charge in [0, 0.05) is 32.6 Å². The summed E-state index contributed by atoms with van der Waals surface area (Å²) in [5.74, 6) is -1.08. The van der Waals surface area contributed by atoms with Gasteiger partial charge in [-0.3, -0.25) is 4.79 Å². The molecule has 0 fully saturated rings. The van der Waals surface area contributed by atoms with Crippen molar-refractivity contribution in [2.75, 3.05) is 20.1 Å². The summed E-state index contributed by atoms with van der Waals surface area (Å²) < 4.78 is 0. The molecule has 0 saturated heterocycles. The Labute approximate surface area is 114 Å². The van der Waals surface area contributed by atoms with Gasteiger partial charge in [0.1, 0.15) is 0 Å². The average Bonchev–Trinajstić information content (AvgIpc) is 2.32. The van der Waals surface area contributed by atoms with Crippen molar-refractivity contribution in [1.82, 2.24) is 9.80 Å². The van der Waals surface area contributed by atoms with Crippen molar-refractivity contribution in [3.05, 3.63) is 0 Å². The molecule has 0 spiro atoms. The number of carboxylic acids is 1. The van der Waals surface area contributed by atoms with Crippen LogP contribution in [0.25, 0.3) is 0 Å². The number of carboxylic acid groups (broad SMARTS) is 1. The lowest BCUT2D eigenvalue weighted by atomic mass is 10.2. The molecule has 0 aromatic heterocycles. The molecule has 0 aliphatic carbocycles. The fourth-order valence-electron chi connectivity index (χ4n) is 1.72. The van der Waals surface area contributed by atoms with Crippen LogP contribution in [0.1, 0.15) is 33.6 Å². The highest BCUT2D eigenvalue weighted by atomic mass is 16.4. The maximum atomic E-state index is 12.2. The molecule has 0 aliphatic rings. The second-order valence-electron chi connectivity index (χ2n) is 4.98. The highest BCUT2D eigenvalue weighted by molar-refractivity contribution is 5.74. The molecule has 0 bridgehead atoms. The molecule has 6 heteroatoms. The van der Waals surface area contributed by atoms with E-state index < -0.39 is 5.97 Å². The average molecular weight is 269 g/mol. The molecule has 0 radical (unpaired) electrons. The first-order chi connectivity index (χ1) is 8.79. The van der Waals surface area contributed by atoms with Crippen molar-refractivity contribution in [1.29, 1.82) is 5.26 Å². The Hall–Kier alpha value is -1.77. The monoisotopic (exact) mass is 269 g/mol. The zero-order chi connectivity index (χ0) is 15.0. The van der Waals surface area contributed by atoms with Crippen LogP contribution in [-0.4, -0.2) is 53.1 Å². The molecule has 0 aromatic rings. The van der Waals surface area contributed by atoms with Gasteiger partial charge in [-0.15, -0.1) is 0 Å². The fourth-order valence-corrected chi connectivity index (χ4v) is 1.72. The molecule has 0 rings (SSSR count). The number of amides is 2. The highest BCUT2D eigenvalue weighted by Crippen LogP contribution is 2.08. The molecular formula is C13H23N3O3. The Morgan fingerprint density at radius 3 is 2.32 bits per heavy atom. The number of carbonyl (C=O) groups is 2. The Morgan fingerprint density at radius 1 is 1.32 bits per heavy atom. The summed E-state index contributed by atoms with van der Waals surface area (Å²) in [6.45, 7) is 6.32. The molecule has 0 aromatic carbocycles. The van der Waals surface area contributed by atoms with Crippen molar-refractivity contribution < 1.29 is 14.7 Å². The smallest absolute Gasteiger partial charge is 0.320 e. The Bertz CT molecular complexity index is 350. The van der Waals surface area contributed by atoms with Crippen molar-refractivity contribution in [2.24, 2.45) is 5.92 Å². The van der Waals surface area contributed by atoms with Crippen LogP contribution in [0.4, 0.5) is 4.79 Å². The molecule has 0 saturated carbocycles. The molecule has 1 unspecified atom stereocenters. The van der Waals surface area contributed by atoms with Gasteiger partial charge in [0.05, 0.1) is 12.0 Å². The third-order valence-electron chi connectivity index (χ3n) is 2.75. The molecule has 2 amide bonds. The summed E-state index contributed by atoms with van der Waals surface area (Å²) in [5, 5.41) is 17.4. The quantitative estimate of drug-likeness (QED) is 0.763. The van der Waals surface area contributed by atoms with E-state index in [2.05, 4.69) is 6.07 Å². The number of nitrogens with zero attached hydrogens (tertiary/aromatic N) is 3. The van der Waals surface area contributed by atoms with E-state index in [0.29, 0.717) is 19.5 Å². The van der Waals surface area contributed by atoms with E-state index in [-0.39, 0.29) is 24.4 Å². The van der Waals surface area contributed by atoms with Crippen LogP contribution in [0.2, 0.25) is 0 Å². The van der Waals surface area contributed by atoms with E-state index in [9.17, 15) is 9.59 Å². The van der Waals surface area contributed by atoms with E-state index in [1.165, 1.54) is 4.90 Å². The second kappa shape index (κ2) is 8.35. The molecule has 6 nitrogen and oxygen atoms in total. The van der Waals surface area contributed by atoms with Gasteiger partial charge in [-0.25, -0.2) is 4.79 Å². The van der Waals surface area contributed by atoms with Crippen molar-refractivity contribution >= 4 is 12.0 Å². The second-order valence-corrected chi connectivity index (χ2v) is 4.98. The van der Waals surface area contributed by atoms with Crippen molar-refractivity contribution in [3.8, 4) is 6.07 Å². The molecule has 0 aliphatic heterocycles. The highest BCUT2D eigenvalue weighted by Gasteiger charge is 2.21. The van der Waals surface area contributed by atoms with E-state index >= 15 is 0 Å². The summed E-state index contributed by atoms with van der Waals surface area (Å²) in [5.41, 5.74) is 0. The Morgan fingerprint density at radius 2 is 1.89 bits per heavy atom.